The number of aliphatic carboxylic acids is 1. The number of fused-ring (bicyclic) bond motifs is 1. The van der Waals surface area contributed by atoms with Crippen LogP contribution >= 0.6 is 35.2 Å². The number of carbonyl (C=O) groups is 4. The number of nitrogens with two attached hydrogens (primary N) is 1. The van der Waals surface area contributed by atoms with Crippen LogP contribution in [-0.4, -0.2) is 140 Å². The Morgan fingerprint density at radius 2 is 1.67 bits per heavy atom. The molecular weight excluding hydrogens is 920 g/mol. The van der Waals surface area contributed by atoms with Crippen molar-refractivity contribution in [1.82, 2.24) is 30.2 Å². The van der Waals surface area contributed by atoms with Crippen LogP contribution in [-0.2, 0) is 55.5 Å². The summed E-state index contributed by atoms with van der Waals surface area (Å²) < 4.78 is 93.7. The molecule has 1 aliphatic heterocycles. The molecule has 0 aromatic carbocycles. The number of imidazole rings is 1. The number of aliphatic hydroxyl groups excluding tert-OH is 2. The van der Waals surface area contributed by atoms with Crippen molar-refractivity contribution in [3.8, 4) is 12.3 Å². The zero-order valence-electron chi connectivity index (χ0n) is 31.6. The van der Waals surface area contributed by atoms with Crippen LogP contribution in [0.15, 0.2) is 12.7 Å². The molecule has 2 amide bonds. The van der Waals surface area contributed by atoms with E-state index in [0.717, 1.165) is 29.0 Å². The summed E-state index contributed by atoms with van der Waals surface area (Å²) in [5.74, 6) is -1.57. The molecule has 3 heterocycles. The molecule has 3 rings (SSSR count). The first-order valence-electron chi connectivity index (χ1n) is 16.8. The summed E-state index contributed by atoms with van der Waals surface area (Å²) in [6, 6.07) is 0. The number of hydrogen-bond acceptors (Lipinski definition) is 19. The zero-order valence-corrected chi connectivity index (χ0v) is 35.1. The van der Waals surface area contributed by atoms with E-state index in [1.165, 1.54) is 13.8 Å². The van der Waals surface area contributed by atoms with Crippen LogP contribution in [0.3, 0.4) is 0 Å². The fraction of sp³-hybridized carbons (Fsp3) is 0.607. The van der Waals surface area contributed by atoms with Crippen molar-refractivity contribution >= 4 is 75.1 Å². The number of rotatable bonds is 21. The van der Waals surface area contributed by atoms with Crippen LogP contribution in [0.4, 0.5) is 19.0 Å². The van der Waals surface area contributed by atoms with Crippen LogP contribution in [0, 0.1) is 17.8 Å². The lowest BCUT2D eigenvalue weighted by molar-refractivity contribution is -0.192. The number of thioether (sulfide) groups is 1. The van der Waals surface area contributed by atoms with Gasteiger partial charge in [-0.25, -0.2) is 33.4 Å². The summed E-state index contributed by atoms with van der Waals surface area (Å²) in [5.41, 5.74) is 4.25. The summed E-state index contributed by atoms with van der Waals surface area (Å²) in [6.07, 6.45) is -6.39. The highest BCUT2D eigenvalue weighted by Crippen LogP contribution is 2.61. The number of amides is 2. The quantitative estimate of drug-likeness (QED) is 0.0436. The van der Waals surface area contributed by atoms with Gasteiger partial charge in [0.15, 0.2) is 22.8 Å². The van der Waals surface area contributed by atoms with Gasteiger partial charge in [-0.1, -0.05) is 25.6 Å². The average Bonchev–Trinajstić information content (AvgIpc) is 3.70. The van der Waals surface area contributed by atoms with Crippen molar-refractivity contribution in [3.05, 3.63) is 12.7 Å². The number of aliphatic hydroxyl groups is 2. The predicted octanol–water partition coefficient (Wildman–Crippen LogP) is -0.289. The minimum absolute atomic E-state index is 0.0279. The molecule has 1 aliphatic rings. The minimum atomic E-state index is -5.57. The van der Waals surface area contributed by atoms with Gasteiger partial charge in [0, 0.05) is 43.5 Å². The number of anilines is 1. The van der Waals surface area contributed by atoms with Gasteiger partial charge < -0.3 is 56.0 Å². The van der Waals surface area contributed by atoms with Gasteiger partial charge in [0.25, 0.3) is 0 Å². The Morgan fingerprint density at radius 3 is 2.26 bits per heavy atom. The molecule has 0 bridgehead atoms. The van der Waals surface area contributed by atoms with Crippen molar-refractivity contribution < 1.29 is 104 Å². The number of ether oxygens (including phenoxy) is 1. The lowest BCUT2D eigenvalue weighted by atomic mass is 9.87. The number of halogens is 3. The molecular formula is C28H41F3N7O19P3S. The van der Waals surface area contributed by atoms with E-state index in [1.807, 2.05) is 0 Å². The standard InChI is InChI=1S/C26H40N7O17P3S.C2HF3O2/c1-4-5-6-17(35)54-10-9-28-16(34)7-8-29-24(38)21(37)26(2,3)12-47-53(44,45)50-52(42,43)46-11-15-20(49-51(39,40)41)19(36)25(48-15)33-14-32-18-22(27)30-13-31-23(18)33;3-2(4,5)1(6)7/h1,13-15,19-21,25,36-37H,5-12H2,2-3H3,(H,28,34)(H,29,38)(H,42,43)(H,44,45)(H2,27,30,31)(H2,39,40,41);(H,6,7)/t15-,19?,20+,21+,25-;/m1./s1. The van der Waals surface area contributed by atoms with Crippen molar-refractivity contribution in [2.45, 2.75) is 69.9 Å². The number of hydrogen-bond donors (Lipinski definition) is 10. The Balaban J connectivity index is 0.00000168. The average molecular weight is 962 g/mol. The van der Waals surface area contributed by atoms with Crippen molar-refractivity contribution in [3.63, 3.8) is 0 Å². The Hall–Kier alpha value is -3.62. The number of carboxylic acid groups (broad SMARTS) is 1. The fourth-order valence-corrected chi connectivity index (χ4v) is 8.05. The number of phosphoric ester groups is 3. The summed E-state index contributed by atoms with van der Waals surface area (Å²) in [4.78, 5) is 95.8. The van der Waals surface area contributed by atoms with Crippen LogP contribution in [0.25, 0.3) is 11.2 Å². The molecule has 3 unspecified atom stereocenters. The molecule has 2 aromatic heterocycles. The molecule has 0 saturated carbocycles. The molecule has 1 saturated heterocycles. The summed E-state index contributed by atoms with van der Waals surface area (Å²) in [6.45, 7) is 0.435. The third kappa shape index (κ3) is 17.9. The van der Waals surface area contributed by atoms with E-state index < -0.39 is 96.7 Å². The largest absolute Gasteiger partial charge is 0.490 e. The Labute approximate surface area is 346 Å². The van der Waals surface area contributed by atoms with Crippen molar-refractivity contribution in [1.29, 1.82) is 0 Å². The van der Waals surface area contributed by atoms with Gasteiger partial charge in [0.2, 0.25) is 11.8 Å². The van der Waals surface area contributed by atoms with Gasteiger partial charge in [-0.15, -0.1) is 12.3 Å². The second kappa shape index (κ2) is 22.6. The molecule has 33 heteroatoms. The van der Waals surface area contributed by atoms with E-state index in [1.54, 1.807) is 0 Å². The van der Waals surface area contributed by atoms with Gasteiger partial charge in [-0.3, -0.25) is 32.5 Å². The molecule has 344 valence electrons. The maximum Gasteiger partial charge on any atom is 0.490 e. The maximum absolute atomic E-state index is 12.6. The van der Waals surface area contributed by atoms with Gasteiger partial charge in [0.1, 0.15) is 36.3 Å². The van der Waals surface area contributed by atoms with E-state index in [-0.39, 0.29) is 48.0 Å². The number of terminal acetylenes is 1. The second-order valence-corrected chi connectivity index (χ2v) is 18.2. The molecule has 61 heavy (non-hydrogen) atoms. The number of alkyl halides is 3. The molecule has 7 atom stereocenters. The van der Waals surface area contributed by atoms with Gasteiger partial charge in [-0.2, -0.15) is 17.5 Å². The first-order valence-corrected chi connectivity index (χ1v) is 22.3. The summed E-state index contributed by atoms with van der Waals surface area (Å²) in [5, 5.41) is 33.3. The molecule has 0 radical (unpaired) electrons. The topological polar surface area (TPSA) is 401 Å². The summed E-state index contributed by atoms with van der Waals surface area (Å²) in [7, 11) is -16.4. The number of nitrogens with zero attached hydrogens (tertiary/aromatic N) is 4. The van der Waals surface area contributed by atoms with E-state index in [4.69, 9.17) is 35.8 Å². The Kier molecular flexibility index (Phi) is 19.9. The Bertz CT molecular complexity index is 2050. The zero-order chi connectivity index (χ0) is 46.6. The maximum atomic E-state index is 12.6. The molecule has 11 N–H and O–H groups in total. The Morgan fingerprint density at radius 1 is 1.05 bits per heavy atom. The van der Waals surface area contributed by atoms with E-state index in [9.17, 15) is 71.0 Å². The van der Waals surface area contributed by atoms with Gasteiger partial charge in [-0.05, 0) is 0 Å². The number of phosphoric acid groups is 3. The van der Waals surface area contributed by atoms with Gasteiger partial charge in [0.05, 0.1) is 19.5 Å². The number of aromatic nitrogens is 4. The van der Waals surface area contributed by atoms with E-state index in [2.05, 4.69) is 40.3 Å². The lowest BCUT2D eigenvalue weighted by Gasteiger charge is -2.30. The van der Waals surface area contributed by atoms with Gasteiger partial charge >= 0.3 is 35.6 Å². The molecule has 0 aliphatic carbocycles. The van der Waals surface area contributed by atoms with Crippen LogP contribution in [0.1, 0.15) is 39.3 Å². The SMILES string of the molecule is C#CCCC(=O)SCCNC(=O)CCNC(=O)[C@H](O)C(C)(C)COP(=O)(O)OP(=O)(O)OC[C@H]1O[C@@H](n2cnc3c(N)ncnc32)C(O)[C@H]1OP(=O)(O)O.O=C(O)C(F)(F)F. The molecule has 0 spiro atoms. The molecule has 2 aromatic rings. The number of nitrogen functional groups attached to an aromatic ring is 1. The lowest BCUT2D eigenvalue weighted by Crippen LogP contribution is -2.46. The molecule has 1 fully saturated rings. The highest BCUT2D eigenvalue weighted by Gasteiger charge is 2.50. The normalized spacial score (nSPS) is 20.6. The third-order valence-corrected chi connectivity index (χ3v) is 11.5. The number of nitrogens with one attached hydrogen (secondary N) is 2. The van der Waals surface area contributed by atoms with Crippen LogP contribution in [0.5, 0.6) is 0 Å². The smallest absolute Gasteiger partial charge is 0.475 e. The predicted molar refractivity (Wildman–Crippen MR) is 199 cm³/mol. The second-order valence-electron chi connectivity index (χ2n) is 12.8. The molecule has 26 nitrogen and oxygen atoms in total. The highest BCUT2D eigenvalue weighted by molar-refractivity contribution is 8.13. The monoisotopic (exact) mass is 961 g/mol. The van der Waals surface area contributed by atoms with Crippen LogP contribution in [0.2, 0.25) is 0 Å². The number of carbonyl (C=O) groups excluding carboxylic acids is 3. The van der Waals surface area contributed by atoms with Crippen molar-refractivity contribution in [2.24, 2.45) is 5.41 Å². The van der Waals surface area contributed by atoms with E-state index in [0.29, 0.717) is 12.2 Å². The highest BCUT2D eigenvalue weighted by atomic mass is 32.2. The summed E-state index contributed by atoms with van der Waals surface area (Å²) >= 11 is 1.01. The first-order chi connectivity index (χ1) is 28.0. The first kappa shape index (κ1) is 53.5. The van der Waals surface area contributed by atoms with Crippen LogP contribution < -0.4 is 16.4 Å². The number of carboxylic acids is 1. The van der Waals surface area contributed by atoms with Crippen molar-refractivity contribution in [2.75, 3.05) is 37.8 Å². The fourth-order valence-electron chi connectivity index (χ4n) is 4.54. The third-order valence-electron chi connectivity index (χ3n) is 7.48. The van der Waals surface area contributed by atoms with E-state index >= 15 is 0 Å². The minimum Gasteiger partial charge on any atom is -0.475 e.